The Labute approximate surface area is 140 Å². The van der Waals surface area contributed by atoms with Gasteiger partial charge in [-0.1, -0.05) is 17.8 Å². The van der Waals surface area contributed by atoms with Crippen LogP contribution < -0.4 is 0 Å². The summed E-state index contributed by atoms with van der Waals surface area (Å²) in [7, 11) is 0. The Kier molecular flexibility index (Phi) is 3.82. The van der Waals surface area contributed by atoms with Crippen molar-refractivity contribution in [3.05, 3.63) is 17.5 Å². The van der Waals surface area contributed by atoms with Crippen LogP contribution in [0.1, 0.15) is 18.9 Å². The molecular formula is C14H14N4O3S2. The molecule has 1 saturated heterocycles. The van der Waals surface area contributed by atoms with E-state index in [-0.39, 0.29) is 18.3 Å². The number of thiophene rings is 1. The Bertz CT molecular complexity index is 739. The molecule has 1 aliphatic heterocycles. The zero-order chi connectivity index (χ0) is 15.8. The number of nitrogens with zero attached hydrogens (tertiary/aromatic N) is 4. The quantitative estimate of drug-likeness (QED) is 0.771. The SMILES string of the molecule is O=C(CSc1nnc(-c2cccs2)n1C1CC1)N1CCOC1=O. The van der Waals surface area contributed by atoms with E-state index >= 15 is 0 Å². The van der Waals surface area contributed by atoms with E-state index < -0.39 is 6.09 Å². The van der Waals surface area contributed by atoms with Gasteiger partial charge in [-0.25, -0.2) is 9.69 Å². The highest BCUT2D eigenvalue weighted by molar-refractivity contribution is 7.99. The third-order valence-corrected chi connectivity index (χ3v) is 5.50. The number of amides is 2. The highest BCUT2D eigenvalue weighted by atomic mass is 32.2. The van der Waals surface area contributed by atoms with Crippen LogP contribution in [0, 0.1) is 0 Å². The van der Waals surface area contributed by atoms with Gasteiger partial charge < -0.3 is 4.74 Å². The monoisotopic (exact) mass is 350 g/mol. The third kappa shape index (κ3) is 2.86. The maximum Gasteiger partial charge on any atom is 0.416 e. The van der Waals surface area contributed by atoms with Gasteiger partial charge in [0, 0.05) is 6.04 Å². The van der Waals surface area contributed by atoms with Gasteiger partial charge >= 0.3 is 6.09 Å². The van der Waals surface area contributed by atoms with Gasteiger partial charge in [-0.15, -0.1) is 21.5 Å². The lowest BCUT2D eigenvalue weighted by molar-refractivity contribution is -0.125. The van der Waals surface area contributed by atoms with Crippen molar-refractivity contribution in [3.63, 3.8) is 0 Å². The van der Waals surface area contributed by atoms with Gasteiger partial charge in [0.15, 0.2) is 11.0 Å². The Morgan fingerprint density at radius 2 is 2.30 bits per heavy atom. The molecular weight excluding hydrogens is 336 g/mol. The Morgan fingerprint density at radius 1 is 1.43 bits per heavy atom. The van der Waals surface area contributed by atoms with E-state index in [0.717, 1.165) is 33.6 Å². The zero-order valence-corrected chi connectivity index (χ0v) is 13.8. The minimum Gasteiger partial charge on any atom is -0.447 e. The van der Waals surface area contributed by atoms with Gasteiger partial charge in [-0.05, 0) is 24.3 Å². The number of rotatable bonds is 5. The predicted molar refractivity (Wildman–Crippen MR) is 85.4 cm³/mol. The lowest BCUT2D eigenvalue weighted by Crippen LogP contribution is -2.33. The number of hydrogen-bond donors (Lipinski definition) is 0. The van der Waals surface area contributed by atoms with Crippen molar-refractivity contribution in [2.75, 3.05) is 18.9 Å². The van der Waals surface area contributed by atoms with Crippen molar-refractivity contribution >= 4 is 35.1 Å². The molecule has 2 aromatic heterocycles. The first kappa shape index (κ1) is 14.7. The first-order valence-corrected chi connectivity index (χ1v) is 9.19. The molecule has 1 aliphatic carbocycles. The van der Waals surface area contributed by atoms with Crippen molar-refractivity contribution in [2.24, 2.45) is 0 Å². The number of carbonyl (C=O) groups is 2. The molecule has 2 amide bonds. The Balaban J connectivity index is 1.51. The van der Waals surface area contributed by atoms with Crippen LogP contribution in [-0.4, -0.2) is 50.6 Å². The summed E-state index contributed by atoms with van der Waals surface area (Å²) in [5.74, 6) is 0.767. The normalized spacial score (nSPS) is 17.6. The van der Waals surface area contributed by atoms with Crippen LogP contribution >= 0.6 is 23.1 Å². The van der Waals surface area contributed by atoms with E-state index in [1.54, 1.807) is 11.3 Å². The van der Waals surface area contributed by atoms with Crippen LogP contribution in [0.4, 0.5) is 4.79 Å². The highest BCUT2D eigenvalue weighted by Crippen LogP contribution is 2.41. The molecule has 0 spiro atoms. The summed E-state index contributed by atoms with van der Waals surface area (Å²) < 4.78 is 6.91. The molecule has 0 unspecified atom stereocenters. The number of ether oxygens (including phenoxy) is 1. The van der Waals surface area contributed by atoms with Gasteiger partial charge in [-0.2, -0.15) is 0 Å². The summed E-state index contributed by atoms with van der Waals surface area (Å²) in [6, 6.07) is 4.42. The van der Waals surface area contributed by atoms with Crippen molar-refractivity contribution in [3.8, 4) is 10.7 Å². The van der Waals surface area contributed by atoms with Crippen LogP contribution in [0.5, 0.6) is 0 Å². The molecule has 0 N–H and O–H groups in total. The van der Waals surface area contributed by atoms with Gasteiger partial charge in [0.1, 0.15) is 6.61 Å². The fraction of sp³-hybridized carbons (Fsp3) is 0.429. The summed E-state index contributed by atoms with van der Waals surface area (Å²) in [5, 5.41) is 11.3. The molecule has 0 bridgehead atoms. The van der Waals surface area contributed by atoms with E-state index in [4.69, 9.17) is 4.74 Å². The van der Waals surface area contributed by atoms with Crippen molar-refractivity contribution < 1.29 is 14.3 Å². The van der Waals surface area contributed by atoms with Crippen LogP contribution in [0.25, 0.3) is 10.7 Å². The Morgan fingerprint density at radius 3 is 2.96 bits per heavy atom. The summed E-state index contributed by atoms with van der Waals surface area (Å²) in [6.07, 6.45) is 1.66. The summed E-state index contributed by atoms with van der Waals surface area (Å²) in [6.45, 7) is 0.601. The molecule has 23 heavy (non-hydrogen) atoms. The minimum absolute atomic E-state index is 0.157. The van der Waals surface area contributed by atoms with E-state index in [0.29, 0.717) is 12.6 Å². The fourth-order valence-electron chi connectivity index (χ4n) is 2.44. The van der Waals surface area contributed by atoms with Crippen LogP contribution in [-0.2, 0) is 9.53 Å². The maximum absolute atomic E-state index is 12.1. The molecule has 0 radical (unpaired) electrons. The zero-order valence-electron chi connectivity index (χ0n) is 12.2. The minimum atomic E-state index is -0.557. The molecule has 4 rings (SSSR count). The molecule has 120 valence electrons. The molecule has 2 aromatic rings. The average molecular weight is 350 g/mol. The van der Waals surface area contributed by atoms with E-state index in [1.165, 1.54) is 11.8 Å². The summed E-state index contributed by atoms with van der Waals surface area (Å²) in [4.78, 5) is 25.7. The van der Waals surface area contributed by atoms with E-state index in [2.05, 4.69) is 14.8 Å². The molecule has 1 saturated carbocycles. The van der Waals surface area contributed by atoms with E-state index in [1.807, 2.05) is 17.5 Å². The molecule has 0 atom stereocenters. The largest absolute Gasteiger partial charge is 0.447 e. The highest BCUT2D eigenvalue weighted by Gasteiger charge is 2.32. The number of cyclic esters (lactones) is 1. The molecule has 9 heteroatoms. The number of aromatic nitrogens is 3. The number of hydrogen-bond acceptors (Lipinski definition) is 7. The predicted octanol–water partition coefficient (Wildman–Crippen LogP) is 2.41. The van der Waals surface area contributed by atoms with Gasteiger partial charge in [0.25, 0.3) is 0 Å². The molecule has 2 fully saturated rings. The number of carbonyl (C=O) groups excluding carboxylic acids is 2. The summed E-state index contributed by atoms with van der Waals surface area (Å²) in [5.41, 5.74) is 0. The first-order valence-electron chi connectivity index (χ1n) is 7.33. The molecule has 3 heterocycles. The lowest BCUT2D eigenvalue weighted by atomic mass is 10.4. The maximum atomic E-state index is 12.1. The van der Waals surface area contributed by atoms with Gasteiger partial charge in [0.2, 0.25) is 5.91 Å². The van der Waals surface area contributed by atoms with Crippen molar-refractivity contribution in [2.45, 2.75) is 24.0 Å². The third-order valence-electron chi connectivity index (χ3n) is 3.70. The second-order valence-electron chi connectivity index (χ2n) is 5.33. The van der Waals surface area contributed by atoms with Crippen LogP contribution in [0.15, 0.2) is 22.7 Å². The standard InChI is InChI=1S/C14H14N4O3S2/c19-11(17-5-6-21-14(17)20)8-23-13-16-15-12(10-2-1-7-22-10)18(13)9-3-4-9/h1-2,7,9H,3-6,8H2. The van der Waals surface area contributed by atoms with Crippen LogP contribution in [0.3, 0.4) is 0 Å². The first-order chi connectivity index (χ1) is 11.2. The number of imide groups is 1. The van der Waals surface area contributed by atoms with E-state index in [9.17, 15) is 9.59 Å². The number of thioether (sulfide) groups is 1. The topological polar surface area (TPSA) is 77.3 Å². The van der Waals surface area contributed by atoms with Gasteiger partial charge in [0.05, 0.1) is 17.2 Å². The summed E-state index contributed by atoms with van der Waals surface area (Å²) >= 11 is 2.95. The van der Waals surface area contributed by atoms with Gasteiger partial charge in [-0.3, -0.25) is 9.36 Å². The Hall–Kier alpha value is -1.87. The van der Waals surface area contributed by atoms with Crippen molar-refractivity contribution in [1.29, 1.82) is 0 Å². The lowest BCUT2D eigenvalue weighted by Gasteiger charge is -2.11. The average Bonchev–Trinajstić information content (AvgIpc) is 2.96. The second kappa shape index (κ2) is 5.97. The smallest absolute Gasteiger partial charge is 0.416 e. The molecule has 7 nitrogen and oxygen atoms in total. The van der Waals surface area contributed by atoms with Crippen LogP contribution in [0.2, 0.25) is 0 Å². The van der Waals surface area contributed by atoms with Crippen molar-refractivity contribution in [1.82, 2.24) is 19.7 Å². The molecule has 2 aliphatic rings. The second-order valence-corrected chi connectivity index (χ2v) is 7.22. The fourth-order valence-corrected chi connectivity index (χ4v) is 4.02. The molecule has 0 aromatic carbocycles.